The minimum absolute atomic E-state index is 0.0433. The fraction of sp³-hybridized carbons (Fsp3) is 0.429. The Balaban J connectivity index is 0.797. The zero-order valence-electron chi connectivity index (χ0n) is 30.7. The summed E-state index contributed by atoms with van der Waals surface area (Å²) < 4.78 is 6.10. The fourth-order valence-corrected chi connectivity index (χ4v) is 9.03. The van der Waals surface area contributed by atoms with E-state index in [9.17, 15) is 24.0 Å². The standard InChI is InChI=1S/C42H43ClN6O6/c1-42(24-47-22-26-19-32-33(20-27(26)23-47)41(54)49(40(32)53)36-13-14-37(50)46-39(36)52)15-17-48(18-16-42)29-7-3-25(4-8-29)38(51)45-28-5-9-30(10-6-28)55-31-11-12-35(44-2)34(43)21-31/h3-4,7-8,11-12,19-21,28,30,36H,5-6,9-10,13-18,22-24H2,1H3,(H,45,51)(H,46,50,52). The fourth-order valence-electron chi connectivity index (χ4n) is 8.81. The lowest BCUT2D eigenvalue weighted by Gasteiger charge is -2.42. The van der Waals surface area contributed by atoms with Gasteiger partial charge in [0.05, 0.1) is 28.8 Å². The Morgan fingerprint density at radius 3 is 2.18 bits per heavy atom. The van der Waals surface area contributed by atoms with E-state index in [1.807, 2.05) is 36.4 Å². The second-order valence-corrected chi connectivity index (χ2v) is 16.3. The normalized spacial score (nSPS) is 23.5. The minimum Gasteiger partial charge on any atom is -0.490 e. The number of hydrogen-bond acceptors (Lipinski definition) is 8. The molecule has 1 unspecified atom stereocenters. The molecule has 4 heterocycles. The summed E-state index contributed by atoms with van der Waals surface area (Å²) in [5.74, 6) is -1.34. The van der Waals surface area contributed by atoms with Crippen molar-refractivity contribution in [1.29, 1.82) is 0 Å². The van der Waals surface area contributed by atoms with Crippen LogP contribution in [0, 0.1) is 12.0 Å². The van der Waals surface area contributed by atoms with Gasteiger partial charge < -0.3 is 15.0 Å². The van der Waals surface area contributed by atoms with Crippen molar-refractivity contribution in [3.63, 3.8) is 0 Å². The van der Waals surface area contributed by atoms with E-state index >= 15 is 0 Å². The number of carbonyl (C=O) groups excluding carboxylic acids is 5. The number of benzene rings is 3. The van der Waals surface area contributed by atoms with E-state index in [0.717, 1.165) is 79.9 Å². The van der Waals surface area contributed by atoms with Crippen LogP contribution in [0.1, 0.15) is 100 Å². The van der Waals surface area contributed by atoms with Gasteiger partial charge in [0.15, 0.2) is 0 Å². The molecular weight excluding hydrogens is 720 g/mol. The van der Waals surface area contributed by atoms with Gasteiger partial charge in [0.1, 0.15) is 11.8 Å². The molecule has 2 saturated heterocycles. The molecule has 3 aromatic carbocycles. The van der Waals surface area contributed by atoms with Gasteiger partial charge in [0.2, 0.25) is 17.5 Å². The first kappa shape index (κ1) is 36.7. The van der Waals surface area contributed by atoms with Crippen molar-refractivity contribution in [3.05, 3.63) is 98.9 Å². The molecular formula is C42H43ClN6O6. The molecule has 4 aliphatic heterocycles. The molecule has 0 spiro atoms. The van der Waals surface area contributed by atoms with E-state index in [1.165, 1.54) is 0 Å². The summed E-state index contributed by atoms with van der Waals surface area (Å²) in [6.45, 7) is 13.6. The molecule has 3 aromatic rings. The van der Waals surface area contributed by atoms with Gasteiger partial charge >= 0.3 is 0 Å². The third-order valence-electron chi connectivity index (χ3n) is 12.0. The Kier molecular flexibility index (Phi) is 9.86. The number of halogens is 1. The van der Waals surface area contributed by atoms with Crippen molar-refractivity contribution >= 4 is 52.5 Å². The van der Waals surface area contributed by atoms with Crippen LogP contribution in [0.15, 0.2) is 54.6 Å². The molecule has 5 aliphatic rings. The van der Waals surface area contributed by atoms with Crippen LogP contribution in [-0.4, -0.2) is 77.2 Å². The summed E-state index contributed by atoms with van der Waals surface area (Å²) in [4.78, 5) is 73.0. The SMILES string of the molecule is [C-]#[N+]c1ccc(OC2CCC(NC(=O)c3ccc(N4CCC(C)(CN5Cc6cc7c(cc6C5)C(=O)N(C5CCC(=O)NC5=O)C7=O)CC4)cc3)CC2)cc1Cl. The Morgan fingerprint density at radius 1 is 0.927 bits per heavy atom. The maximum absolute atomic E-state index is 13.3. The smallest absolute Gasteiger partial charge is 0.262 e. The van der Waals surface area contributed by atoms with Crippen molar-refractivity contribution < 1.29 is 28.7 Å². The highest BCUT2D eigenvalue weighted by atomic mass is 35.5. The average Bonchev–Trinajstić information content (AvgIpc) is 3.67. The van der Waals surface area contributed by atoms with Crippen LogP contribution < -0.4 is 20.3 Å². The predicted molar refractivity (Wildman–Crippen MR) is 205 cm³/mol. The zero-order valence-corrected chi connectivity index (χ0v) is 31.5. The van der Waals surface area contributed by atoms with Gasteiger partial charge in [-0.2, -0.15) is 0 Å². The number of nitrogens with one attached hydrogen (secondary N) is 2. The zero-order chi connectivity index (χ0) is 38.4. The third kappa shape index (κ3) is 7.43. The molecule has 12 nitrogen and oxygen atoms in total. The number of anilines is 1. The van der Waals surface area contributed by atoms with Gasteiger partial charge in [-0.25, -0.2) is 4.85 Å². The number of amides is 5. The van der Waals surface area contributed by atoms with E-state index in [2.05, 4.69) is 32.2 Å². The summed E-state index contributed by atoms with van der Waals surface area (Å²) in [6.07, 6.45) is 5.58. The summed E-state index contributed by atoms with van der Waals surface area (Å²) in [6, 6.07) is 15.8. The van der Waals surface area contributed by atoms with Crippen LogP contribution in [0.4, 0.5) is 11.4 Å². The Morgan fingerprint density at radius 2 is 1.58 bits per heavy atom. The molecule has 3 fully saturated rings. The summed E-state index contributed by atoms with van der Waals surface area (Å²) >= 11 is 6.16. The Hall–Kier alpha value is -5.25. The molecule has 8 rings (SSSR count). The van der Waals surface area contributed by atoms with Crippen LogP contribution in [0.2, 0.25) is 5.02 Å². The number of ether oxygens (including phenoxy) is 1. The number of rotatable bonds is 8. The predicted octanol–water partition coefficient (Wildman–Crippen LogP) is 6.03. The van der Waals surface area contributed by atoms with E-state index in [-0.39, 0.29) is 42.2 Å². The minimum atomic E-state index is -0.966. The van der Waals surface area contributed by atoms with E-state index < -0.39 is 23.8 Å². The molecule has 0 radical (unpaired) electrons. The first-order chi connectivity index (χ1) is 26.5. The van der Waals surface area contributed by atoms with Crippen molar-refractivity contribution in [2.45, 2.75) is 89.6 Å². The molecule has 1 saturated carbocycles. The van der Waals surface area contributed by atoms with Gasteiger partial charge in [-0.3, -0.25) is 39.1 Å². The van der Waals surface area contributed by atoms with E-state index in [1.54, 1.807) is 18.2 Å². The highest BCUT2D eigenvalue weighted by Gasteiger charge is 2.45. The van der Waals surface area contributed by atoms with E-state index in [4.69, 9.17) is 22.9 Å². The molecule has 0 bridgehead atoms. The van der Waals surface area contributed by atoms with Crippen LogP contribution in [0.25, 0.3) is 4.85 Å². The maximum atomic E-state index is 13.3. The van der Waals surface area contributed by atoms with Crippen molar-refractivity contribution in [3.8, 4) is 5.75 Å². The first-order valence-corrected chi connectivity index (χ1v) is 19.4. The number of hydrogen-bond donors (Lipinski definition) is 2. The molecule has 1 atom stereocenters. The lowest BCUT2D eigenvalue weighted by atomic mass is 9.79. The monoisotopic (exact) mass is 762 g/mol. The number of fused-ring (bicyclic) bond motifs is 2. The third-order valence-corrected chi connectivity index (χ3v) is 12.3. The molecule has 5 amide bonds. The van der Waals surface area contributed by atoms with Crippen LogP contribution in [-0.2, 0) is 22.7 Å². The highest BCUT2D eigenvalue weighted by molar-refractivity contribution is 6.33. The maximum Gasteiger partial charge on any atom is 0.262 e. The highest BCUT2D eigenvalue weighted by Crippen LogP contribution is 2.39. The molecule has 284 valence electrons. The number of imide groups is 2. The number of carbonyl (C=O) groups is 5. The summed E-state index contributed by atoms with van der Waals surface area (Å²) in [5, 5.41) is 5.84. The average molecular weight is 763 g/mol. The quantitative estimate of drug-likeness (QED) is 0.210. The van der Waals surface area contributed by atoms with Crippen LogP contribution >= 0.6 is 11.6 Å². The van der Waals surface area contributed by atoms with E-state index in [0.29, 0.717) is 46.2 Å². The first-order valence-electron chi connectivity index (χ1n) is 19.1. The lowest BCUT2D eigenvalue weighted by Crippen LogP contribution is -2.54. The topological polar surface area (TPSA) is 133 Å². The number of nitrogens with zero attached hydrogens (tertiary/aromatic N) is 4. The summed E-state index contributed by atoms with van der Waals surface area (Å²) in [7, 11) is 0. The van der Waals surface area contributed by atoms with Crippen LogP contribution in [0.3, 0.4) is 0 Å². The largest absolute Gasteiger partial charge is 0.490 e. The lowest BCUT2D eigenvalue weighted by molar-refractivity contribution is -0.136. The molecule has 2 N–H and O–H groups in total. The molecule has 0 aromatic heterocycles. The molecule has 13 heteroatoms. The van der Waals surface area contributed by atoms with Gasteiger partial charge in [0.25, 0.3) is 17.7 Å². The van der Waals surface area contributed by atoms with Crippen LogP contribution in [0.5, 0.6) is 5.75 Å². The molecule has 55 heavy (non-hydrogen) atoms. The van der Waals surface area contributed by atoms with Crippen molar-refractivity contribution in [1.82, 2.24) is 20.4 Å². The second-order valence-electron chi connectivity index (χ2n) is 15.9. The van der Waals surface area contributed by atoms with Gasteiger partial charge in [-0.1, -0.05) is 24.6 Å². The Labute approximate surface area is 324 Å². The Bertz CT molecular complexity index is 2070. The second kappa shape index (κ2) is 14.8. The van der Waals surface area contributed by atoms with Crippen molar-refractivity contribution in [2.24, 2.45) is 5.41 Å². The van der Waals surface area contributed by atoms with Crippen molar-refractivity contribution in [2.75, 3.05) is 24.5 Å². The summed E-state index contributed by atoms with van der Waals surface area (Å²) in [5.41, 5.74) is 4.97. The molecule has 1 aliphatic carbocycles. The number of piperidine rings is 2. The van der Waals surface area contributed by atoms with Gasteiger partial charge in [-0.15, -0.1) is 0 Å². The van der Waals surface area contributed by atoms with Gasteiger partial charge in [-0.05, 0) is 110 Å². The van der Waals surface area contributed by atoms with Gasteiger partial charge in [0, 0.05) is 56.4 Å².